The van der Waals surface area contributed by atoms with Crippen LogP contribution in [0.1, 0.15) is 16.1 Å². The highest BCUT2D eigenvalue weighted by Crippen LogP contribution is 2.37. The Balaban J connectivity index is 2.14. The van der Waals surface area contributed by atoms with Crippen molar-refractivity contribution in [1.29, 1.82) is 0 Å². The van der Waals surface area contributed by atoms with Crippen LogP contribution in [0.3, 0.4) is 0 Å². The highest BCUT2D eigenvalue weighted by Gasteiger charge is 2.29. The number of aromatic nitrogens is 1. The van der Waals surface area contributed by atoms with Gasteiger partial charge < -0.3 is 9.47 Å². The van der Waals surface area contributed by atoms with Crippen molar-refractivity contribution in [2.75, 3.05) is 7.11 Å². The van der Waals surface area contributed by atoms with Gasteiger partial charge in [0.25, 0.3) is 0 Å². The van der Waals surface area contributed by atoms with Gasteiger partial charge in [0.05, 0.1) is 23.9 Å². The predicted octanol–water partition coefficient (Wildman–Crippen LogP) is 3.72. The number of esters is 1. The molecule has 0 spiro atoms. The molecule has 114 valence electrons. The van der Waals surface area contributed by atoms with Crippen LogP contribution in [-0.2, 0) is 11.3 Å². The molecule has 0 bridgehead atoms. The fourth-order valence-electron chi connectivity index (χ4n) is 2.89. The maximum absolute atomic E-state index is 13.7. The van der Waals surface area contributed by atoms with E-state index in [9.17, 15) is 9.18 Å². The van der Waals surface area contributed by atoms with Gasteiger partial charge in [-0.25, -0.2) is 14.2 Å². The fourth-order valence-corrected chi connectivity index (χ4v) is 2.89. The van der Waals surface area contributed by atoms with Gasteiger partial charge in [-0.2, -0.15) is 0 Å². The number of benzene rings is 2. The SMILES string of the molecule is COc1ccc2nc3c(c(-c4cccc(F)c4)c2c1)C(=O)OC3. The zero-order chi connectivity index (χ0) is 16.0. The Morgan fingerprint density at radius 3 is 2.83 bits per heavy atom. The number of pyridine rings is 1. The molecular formula is C18H12FNO3. The van der Waals surface area contributed by atoms with Crippen molar-refractivity contribution in [2.24, 2.45) is 0 Å². The van der Waals surface area contributed by atoms with Crippen LogP contribution >= 0.6 is 0 Å². The second-order valence-corrected chi connectivity index (χ2v) is 5.28. The average Bonchev–Trinajstić information content (AvgIpc) is 2.93. The normalized spacial score (nSPS) is 13.0. The van der Waals surface area contributed by atoms with E-state index in [4.69, 9.17) is 9.47 Å². The Morgan fingerprint density at radius 2 is 2.04 bits per heavy atom. The molecule has 5 heteroatoms. The van der Waals surface area contributed by atoms with E-state index in [1.54, 1.807) is 31.4 Å². The molecule has 2 heterocycles. The lowest BCUT2D eigenvalue weighted by Crippen LogP contribution is -2.01. The molecule has 0 aliphatic carbocycles. The molecule has 0 radical (unpaired) electrons. The number of ether oxygens (including phenoxy) is 2. The zero-order valence-electron chi connectivity index (χ0n) is 12.3. The molecule has 0 atom stereocenters. The van der Waals surface area contributed by atoms with Crippen LogP contribution in [0.4, 0.5) is 4.39 Å². The van der Waals surface area contributed by atoms with Gasteiger partial charge >= 0.3 is 5.97 Å². The van der Waals surface area contributed by atoms with Crippen LogP contribution in [0, 0.1) is 5.82 Å². The van der Waals surface area contributed by atoms with Gasteiger partial charge in [0, 0.05) is 10.9 Å². The van der Waals surface area contributed by atoms with Crippen molar-refractivity contribution in [3.8, 4) is 16.9 Å². The van der Waals surface area contributed by atoms with Crippen LogP contribution < -0.4 is 4.74 Å². The van der Waals surface area contributed by atoms with E-state index in [0.717, 1.165) is 5.39 Å². The summed E-state index contributed by atoms with van der Waals surface area (Å²) in [7, 11) is 1.57. The fraction of sp³-hybridized carbons (Fsp3) is 0.111. The molecular weight excluding hydrogens is 297 g/mol. The number of rotatable bonds is 2. The Bertz CT molecular complexity index is 952. The average molecular weight is 309 g/mol. The summed E-state index contributed by atoms with van der Waals surface area (Å²) in [5.41, 5.74) is 2.93. The Kier molecular flexibility index (Phi) is 3.01. The van der Waals surface area contributed by atoms with Crippen molar-refractivity contribution in [1.82, 2.24) is 4.98 Å². The number of hydrogen-bond donors (Lipinski definition) is 0. The number of carbonyl (C=O) groups is 1. The van der Waals surface area contributed by atoms with E-state index in [2.05, 4.69) is 4.98 Å². The highest BCUT2D eigenvalue weighted by atomic mass is 19.1. The molecule has 1 aliphatic rings. The second kappa shape index (κ2) is 5.05. The van der Waals surface area contributed by atoms with Gasteiger partial charge in [0.2, 0.25) is 0 Å². The third-order valence-corrected chi connectivity index (χ3v) is 3.92. The third kappa shape index (κ3) is 2.12. The maximum Gasteiger partial charge on any atom is 0.341 e. The number of hydrogen-bond acceptors (Lipinski definition) is 4. The van der Waals surface area contributed by atoms with Crippen molar-refractivity contribution in [3.05, 3.63) is 59.5 Å². The van der Waals surface area contributed by atoms with Crippen LogP contribution in [0.2, 0.25) is 0 Å². The molecule has 1 aliphatic heterocycles. The first kappa shape index (κ1) is 13.7. The monoisotopic (exact) mass is 309 g/mol. The summed E-state index contributed by atoms with van der Waals surface area (Å²) in [5, 5.41) is 0.729. The summed E-state index contributed by atoms with van der Waals surface area (Å²) >= 11 is 0. The van der Waals surface area contributed by atoms with Gasteiger partial charge in [-0.3, -0.25) is 0 Å². The number of carbonyl (C=O) groups excluding carboxylic acids is 1. The van der Waals surface area contributed by atoms with E-state index < -0.39 is 5.97 Å². The summed E-state index contributed by atoms with van der Waals surface area (Å²) in [6.45, 7) is 0.137. The summed E-state index contributed by atoms with van der Waals surface area (Å²) in [6, 6.07) is 11.6. The van der Waals surface area contributed by atoms with Gasteiger partial charge in [-0.1, -0.05) is 12.1 Å². The number of cyclic esters (lactones) is 1. The Morgan fingerprint density at radius 1 is 1.17 bits per heavy atom. The van der Waals surface area contributed by atoms with E-state index >= 15 is 0 Å². The van der Waals surface area contributed by atoms with Crippen LogP contribution in [0.15, 0.2) is 42.5 Å². The van der Waals surface area contributed by atoms with Gasteiger partial charge in [0.15, 0.2) is 0 Å². The molecule has 0 N–H and O–H groups in total. The molecule has 0 amide bonds. The molecule has 0 fully saturated rings. The van der Waals surface area contributed by atoms with E-state index in [-0.39, 0.29) is 12.4 Å². The lowest BCUT2D eigenvalue weighted by molar-refractivity contribution is 0.0534. The molecule has 23 heavy (non-hydrogen) atoms. The van der Waals surface area contributed by atoms with Crippen LogP contribution in [0.5, 0.6) is 5.75 Å². The van der Waals surface area contributed by atoms with Gasteiger partial charge in [-0.05, 0) is 35.9 Å². The minimum atomic E-state index is -0.434. The Labute approximate surface area is 131 Å². The lowest BCUT2D eigenvalue weighted by atomic mass is 9.94. The number of methoxy groups -OCH3 is 1. The predicted molar refractivity (Wildman–Crippen MR) is 82.8 cm³/mol. The first-order chi connectivity index (χ1) is 11.2. The first-order valence-corrected chi connectivity index (χ1v) is 7.11. The number of halogens is 1. The molecule has 4 nitrogen and oxygen atoms in total. The minimum absolute atomic E-state index is 0.137. The van der Waals surface area contributed by atoms with E-state index in [1.165, 1.54) is 12.1 Å². The van der Waals surface area contributed by atoms with Gasteiger partial charge in [-0.15, -0.1) is 0 Å². The summed E-state index contributed by atoms with van der Waals surface area (Å²) < 4.78 is 24.1. The maximum atomic E-state index is 13.7. The van der Waals surface area contributed by atoms with E-state index in [1.807, 2.05) is 6.07 Å². The molecule has 0 unspecified atom stereocenters. The zero-order valence-corrected chi connectivity index (χ0v) is 12.3. The summed E-state index contributed by atoms with van der Waals surface area (Å²) in [4.78, 5) is 16.7. The van der Waals surface area contributed by atoms with Crippen LogP contribution in [-0.4, -0.2) is 18.1 Å². The van der Waals surface area contributed by atoms with Crippen LogP contribution in [0.25, 0.3) is 22.0 Å². The number of nitrogens with zero attached hydrogens (tertiary/aromatic N) is 1. The largest absolute Gasteiger partial charge is 0.497 e. The third-order valence-electron chi connectivity index (χ3n) is 3.92. The smallest absolute Gasteiger partial charge is 0.341 e. The van der Waals surface area contributed by atoms with E-state index in [0.29, 0.717) is 33.7 Å². The Hall–Kier alpha value is -2.95. The quantitative estimate of drug-likeness (QED) is 0.677. The first-order valence-electron chi connectivity index (χ1n) is 7.11. The highest BCUT2D eigenvalue weighted by molar-refractivity contribution is 6.09. The standard InChI is InChI=1S/C18H12FNO3/c1-22-12-5-6-14-13(8-12)16(10-3-2-4-11(19)7-10)17-15(20-14)9-23-18(17)21/h2-8H,9H2,1H3. The lowest BCUT2D eigenvalue weighted by Gasteiger charge is -2.11. The molecule has 0 saturated carbocycles. The van der Waals surface area contributed by atoms with Crippen molar-refractivity contribution >= 4 is 16.9 Å². The van der Waals surface area contributed by atoms with Gasteiger partial charge in [0.1, 0.15) is 18.2 Å². The van der Waals surface area contributed by atoms with Crippen molar-refractivity contribution < 1.29 is 18.7 Å². The second-order valence-electron chi connectivity index (χ2n) is 5.28. The molecule has 0 saturated heterocycles. The van der Waals surface area contributed by atoms with Crippen molar-refractivity contribution in [2.45, 2.75) is 6.61 Å². The topological polar surface area (TPSA) is 48.4 Å². The number of fused-ring (bicyclic) bond motifs is 2. The molecule has 2 aromatic carbocycles. The molecule has 1 aromatic heterocycles. The minimum Gasteiger partial charge on any atom is -0.497 e. The summed E-state index contributed by atoms with van der Waals surface area (Å²) in [6.07, 6.45) is 0. The molecule has 3 aromatic rings. The molecule has 4 rings (SSSR count). The summed E-state index contributed by atoms with van der Waals surface area (Å²) in [5.74, 6) is -0.157. The van der Waals surface area contributed by atoms with Crippen molar-refractivity contribution in [3.63, 3.8) is 0 Å².